The van der Waals surface area contributed by atoms with E-state index in [-0.39, 0.29) is 11.9 Å². The molecule has 3 rings (SSSR count). The van der Waals surface area contributed by atoms with Crippen molar-refractivity contribution in [1.82, 2.24) is 0 Å². The predicted molar refractivity (Wildman–Crippen MR) is 83.4 cm³/mol. The van der Waals surface area contributed by atoms with Crippen LogP contribution in [0, 0.1) is 12.7 Å². The molecule has 3 heteroatoms. The van der Waals surface area contributed by atoms with Crippen molar-refractivity contribution in [1.29, 1.82) is 0 Å². The number of fused-ring (bicyclic) bond motifs is 1. The van der Waals surface area contributed by atoms with Crippen LogP contribution in [-0.2, 0) is 6.42 Å². The summed E-state index contributed by atoms with van der Waals surface area (Å²) in [7, 11) is 0. The van der Waals surface area contributed by atoms with Crippen LogP contribution in [0.4, 0.5) is 10.1 Å². The van der Waals surface area contributed by atoms with E-state index in [0.29, 0.717) is 5.56 Å². The van der Waals surface area contributed by atoms with Gasteiger partial charge in [0, 0.05) is 17.7 Å². The maximum absolute atomic E-state index is 13.7. The number of hydrogen-bond acceptors (Lipinski definition) is 2. The molecule has 1 unspecified atom stereocenters. The van der Waals surface area contributed by atoms with E-state index in [2.05, 4.69) is 24.4 Å². The molecular formula is C18H20FNO. The van der Waals surface area contributed by atoms with Gasteiger partial charge in [0.15, 0.2) is 0 Å². The van der Waals surface area contributed by atoms with Gasteiger partial charge in [-0.05, 0) is 48.7 Å². The second kappa shape index (κ2) is 5.76. The molecule has 0 spiro atoms. The lowest BCUT2D eigenvalue weighted by Crippen LogP contribution is -2.11. The second-order valence-electron chi connectivity index (χ2n) is 5.48. The molecule has 1 atom stereocenters. The van der Waals surface area contributed by atoms with Crippen LogP contribution in [0.2, 0.25) is 0 Å². The Morgan fingerprint density at radius 2 is 2.14 bits per heavy atom. The first-order valence-electron chi connectivity index (χ1n) is 7.46. The van der Waals surface area contributed by atoms with Crippen LogP contribution in [0.15, 0.2) is 36.4 Å². The summed E-state index contributed by atoms with van der Waals surface area (Å²) < 4.78 is 19.2. The highest BCUT2D eigenvalue weighted by atomic mass is 19.1. The molecule has 0 amide bonds. The van der Waals surface area contributed by atoms with Crippen molar-refractivity contribution in [2.75, 3.05) is 11.9 Å². The Morgan fingerprint density at radius 3 is 2.95 bits per heavy atom. The van der Waals surface area contributed by atoms with E-state index in [1.54, 1.807) is 13.0 Å². The number of benzene rings is 2. The zero-order valence-electron chi connectivity index (χ0n) is 12.4. The maximum atomic E-state index is 13.7. The molecule has 0 aromatic heterocycles. The monoisotopic (exact) mass is 285 g/mol. The summed E-state index contributed by atoms with van der Waals surface area (Å²) in [6.07, 6.45) is 1.91. The van der Waals surface area contributed by atoms with E-state index in [1.807, 2.05) is 12.1 Å². The van der Waals surface area contributed by atoms with Gasteiger partial charge < -0.3 is 10.1 Å². The zero-order chi connectivity index (χ0) is 14.8. The Bertz CT molecular complexity index is 654. The van der Waals surface area contributed by atoms with Gasteiger partial charge in [-0.15, -0.1) is 0 Å². The van der Waals surface area contributed by atoms with Crippen LogP contribution in [-0.4, -0.2) is 6.61 Å². The topological polar surface area (TPSA) is 21.3 Å². The fraction of sp³-hybridized carbons (Fsp3) is 0.333. The van der Waals surface area contributed by atoms with Crippen LogP contribution in [0.3, 0.4) is 0 Å². The van der Waals surface area contributed by atoms with Crippen LogP contribution in [0.25, 0.3) is 0 Å². The van der Waals surface area contributed by atoms with E-state index < -0.39 is 0 Å². The quantitative estimate of drug-likeness (QED) is 0.884. The van der Waals surface area contributed by atoms with Gasteiger partial charge in [0.05, 0.1) is 12.6 Å². The molecule has 1 aliphatic rings. The van der Waals surface area contributed by atoms with Crippen LogP contribution < -0.4 is 10.1 Å². The third-order valence-electron chi connectivity index (χ3n) is 4.12. The summed E-state index contributed by atoms with van der Waals surface area (Å²) in [6, 6.07) is 11.7. The Hall–Kier alpha value is -2.03. The van der Waals surface area contributed by atoms with Gasteiger partial charge in [0.2, 0.25) is 0 Å². The molecule has 0 bridgehead atoms. The number of anilines is 1. The van der Waals surface area contributed by atoms with E-state index in [4.69, 9.17) is 4.74 Å². The lowest BCUT2D eigenvalue weighted by atomic mass is 10.00. The fourth-order valence-electron chi connectivity index (χ4n) is 2.80. The minimum absolute atomic E-state index is 0.169. The molecule has 2 nitrogen and oxygen atoms in total. The molecule has 0 aliphatic carbocycles. The molecule has 1 heterocycles. The summed E-state index contributed by atoms with van der Waals surface area (Å²) in [5.41, 5.74) is 4.02. The predicted octanol–water partition coefficient (Wildman–Crippen LogP) is 4.63. The van der Waals surface area contributed by atoms with Crippen molar-refractivity contribution in [3.05, 3.63) is 58.9 Å². The van der Waals surface area contributed by atoms with Crippen LogP contribution in [0.5, 0.6) is 5.75 Å². The zero-order valence-corrected chi connectivity index (χ0v) is 12.4. The number of halogens is 1. The molecule has 2 aromatic rings. The number of ether oxygens (including phenoxy) is 1. The lowest BCUT2D eigenvalue weighted by molar-refractivity contribution is 0.357. The van der Waals surface area contributed by atoms with Gasteiger partial charge >= 0.3 is 0 Å². The van der Waals surface area contributed by atoms with E-state index >= 15 is 0 Å². The largest absolute Gasteiger partial charge is 0.493 e. The Labute approximate surface area is 125 Å². The minimum Gasteiger partial charge on any atom is -0.493 e. The molecule has 21 heavy (non-hydrogen) atoms. The van der Waals surface area contributed by atoms with Gasteiger partial charge in [0.25, 0.3) is 0 Å². The molecule has 0 fully saturated rings. The summed E-state index contributed by atoms with van der Waals surface area (Å²) in [6.45, 7) is 4.71. The van der Waals surface area contributed by atoms with Gasteiger partial charge in [-0.25, -0.2) is 4.39 Å². The Balaban J connectivity index is 1.87. The van der Waals surface area contributed by atoms with Crippen molar-refractivity contribution in [3.8, 4) is 5.75 Å². The van der Waals surface area contributed by atoms with Crippen molar-refractivity contribution < 1.29 is 9.13 Å². The van der Waals surface area contributed by atoms with Gasteiger partial charge in [-0.1, -0.05) is 19.1 Å². The summed E-state index contributed by atoms with van der Waals surface area (Å²) in [5, 5.41) is 3.46. The molecule has 0 saturated heterocycles. The van der Waals surface area contributed by atoms with Gasteiger partial charge in [-0.2, -0.15) is 0 Å². The maximum Gasteiger partial charge on any atom is 0.128 e. The average Bonchev–Trinajstić information content (AvgIpc) is 2.96. The second-order valence-corrected chi connectivity index (χ2v) is 5.48. The van der Waals surface area contributed by atoms with Crippen molar-refractivity contribution in [2.24, 2.45) is 0 Å². The molecule has 0 radical (unpaired) electrons. The number of nitrogens with one attached hydrogen (secondary N) is 1. The molecular weight excluding hydrogens is 265 g/mol. The highest BCUT2D eigenvalue weighted by molar-refractivity contribution is 5.53. The summed E-state index contributed by atoms with van der Waals surface area (Å²) in [4.78, 5) is 0. The van der Waals surface area contributed by atoms with E-state index in [0.717, 1.165) is 30.9 Å². The third kappa shape index (κ3) is 2.73. The molecule has 0 saturated carbocycles. The van der Waals surface area contributed by atoms with Crippen molar-refractivity contribution >= 4 is 5.69 Å². The lowest BCUT2D eigenvalue weighted by Gasteiger charge is -2.21. The molecule has 1 N–H and O–H groups in total. The fourth-order valence-corrected chi connectivity index (χ4v) is 2.80. The minimum atomic E-state index is -0.169. The highest BCUT2D eigenvalue weighted by Crippen LogP contribution is 2.31. The molecule has 1 aliphatic heterocycles. The molecule has 110 valence electrons. The van der Waals surface area contributed by atoms with E-state index in [9.17, 15) is 4.39 Å². The average molecular weight is 285 g/mol. The standard InChI is InChI=1S/C18H20FNO/c1-3-16(20-17-6-4-5-15(19)12(17)2)13-7-8-18-14(11-13)9-10-21-18/h4-8,11,16,20H,3,9-10H2,1-2H3. The van der Waals surface area contributed by atoms with Gasteiger partial charge in [-0.3, -0.25) is 0 Å². The van der Waals surface area contributed by atoms with E-state index in [1.165, 1.54) is 17.2 Å². The van der Waals surface area contributed by atoms with Crippen molar-refractivity contribution in [2.45, 2.75) is 32.7 Å². The van der Waals surface area contributed by atoms with Gasteiger partial charge in [0.1, 0.15) is 11.6 Å². The first kappa shape index (κ1) is 13.9. The Kier molecular flexibility index (Phi) is 3.82. The highest BCUT2D eigenvalue weighted by Gasteiger charge is 2.16. The number of hydrogen-bond donors (Lipinski definition) is 1. The first-order chi connectivity index (χ1) is 10.2. The SMILES string of the molecule is CCC(Nc1cccc(F)c1C)c1ccc2c(c1)CCO2. The first-order valence-corrected chi connectivity index (χ1v) is 7.46. The molecule has 2 aromatic carbocycles. The third-order valence-corrected chi connectivity index (χ3v) is 4.12. The summed E-state index contributed by atoms with van der Waals surface area (Å²) in [5.74, 6) is 0.827. The number of rotatable bonds is 4. The Morgan fingerprint density at radius 1 is 1.29 bits per heavy atom. The smallest absolute Gasteiger partial charge is 0.128 e. The van der Waals surface area contributed by atoms with Crippen molar-refractivity contribution in [3.63, 3.8) is 0 Å². The normalized spacial score (nSPS) is 14.4. The van der Waals surface area contributed by atoms with Crippen LogP contribution >= 0.6 is 0 Å². The van der Waals surface area contributed by atoms with Crippen LogP contribution in [0.1, 0.15) is 36.1 Å². The summed E-state index contributed by atoms with van der Waals surface area (Å²) >= 11 is 0.